The second-order valence-corrected chi connectivity index (χ2v) is 17.5. The van der Waals surface area contributed by atoms with Crippen LogP contribution < -0.4 is 49.5 Å². The zero-order valence-corrected chi connectivity index (χ0v) is 38.9. The summed E-state index contributed by atoms with van der Waals surface area (Å²) in [7, 11) is -2.79. The summed E-state index contributed by atoms with van der Waals surface area (Å²) in [6.07, 6.45) is 10.4. The molecule has 72 heavy (non-hydrogen) atoms. The minimum Gasteiger partial charge on any atom is -0.445 e. The molecule has 354 valence electrons. The maximum atomic E-state index is 13.6. The van der Waals surface area contributed by atoms with Gasteiger partial charge in [-0.3, -0.25) is 29.3 Å². The Bertz CT molecular complexity index is 3050. The fraction of sp³-hybridized carbons (Fsp3) is 0.111. The summed E-state index contributed by atoms with van der Waals surface area (Å²) < 4.78 is 19.6. The van der Waals surface area contributed by atoms with E-state index in [-0.39, 0.29) is 37.4 Å². The molecule has 1 fully saturated rings. The molecule has 0 aliphatic carbocycles. The minimum atomic E-state index is -0.931. The standard InChI is InChI=1S/C54H48B3N9O6/c58-28-49(52(67)64-46-16-7-40-31-61-22-19-37(40)25-46)34-1-10-43(11-2-34)55-70-56(44-12-3-35(4-13-44)50(29-59)53(68)65-47-17-8-41-32-62-23-20-38(41)26-47)72-57(71-55)45-14-5-36(6-15-45)51(30-60)54(69)66-48-18-9-42-33-63-24-21-39(42)27-48/h1-27,31-33,49-51H,28-30,58-60H2,(H,64,67)(H,65,68)(H,66,69). The van der Waals surface area contributed by atoms with Crippen LogP contribution in [0.4, 0.5) is 17.1 Å². The van der Waals surface area contributed by atoms with E-state index in [1.54, 1.807) is 37.2 Å². The fourth-order valence-corrected chi connectivity index (χ4v) is 8.92. The Kier molecular flexibility index (Phi) is 14.2. The number of rotatable bonds is 15. The molecule has 15 nitrogen and oxygen atoms in total. The smallest absolute Gasteiger partial charge is 0.445 e. The average Bonchev–Trinajstić information content (AvgIpc) is 3.42. The molecule has 9 N–H and O–H groups in total. The van der Waals surface area contributed by atoms with E-state index in [9.17, 15) is 14.4 Å². The highest BCUT2D eigenvalue weighted by atomic mass is 16.7. The molecule has 3 aromatic heterocycles. The summed E-state index contributed by atoms with van der Waals surface area (Å²) in [6, 6.07) is 44.7. The molecule has 10 rings (SSSR count). The molecule has 18 heteroatoms. The Balaban J connectivity index is 0.883. The van der Waals surface area contributed by atoms with Crippen LogP contribution in [0, 0.1) is 0 Å². The van der Waals surface area contributed by atoms with Crippen molar-refractivity contribution >= 4 is 105 Å². The molecule has 6 aromatic carbocycles. The lowest BCUT2D eigenvalue weighted by Crippen LogP contribution is -2.61. The van der Waals surface area contributed by atoms with Gasteiger partial charge in [-0.05, 0) is 104 Å². The van der Waals surface area contributed by atoms with Gasteiger partial charge in [0.1, 0.15) is 0 Å². The average molecular weight is 951 g/mol. The number of carbonyl (C=O) groups is 3. The van der Waals surface area contributed by atoms with Gasteiger partial charge in [0.05, 0.1) is 17.8 Å². The van der Waals surface area contributed by atoms with E-state index < -0.39 is 39.1 Å². The monoisotopic (exact) mass is 951 g/mol. The largest absolute Gasteiger partial charge is 0.467 e. The number of anilines is 3. The van der Waals surface area contributed by atoms with Gasteiger partial charge in [0, 0.05) is 90.0 Å². The number of nitrogens with zero attached hydrogens (tertiary/aromatic N) is 3. The lowest BCUT2D eigenvalue weighted by molar-refractivity contribution is -0.118. The number of amides is 3. The van der Waals surface area contributed by atoms with E-state index in [2.05, 4.69) is 30.9 Å². The Hall–Kier alpha value is -8.09. The molecule has 3 atom stereocenters. The number of hydrogen-bond donors (Lipinski definition) is 6. The molecule has 0 bridgehead atoms. The first-order valence-electron chi connectivity index (χ1n) is 23.5. The van der Waals surface area contributed by atoms with Gasteiger partial charge in [0.15, 0.2) is 0 Å². The van der Waals surface area contributed by atoms with Crippen LogP contribution in [0.15, 0.2) is 183 Å². The normalized spacial score (nSPS) is 14.0. The van der Waals surface area contributed by atoms with Crippen LogP contribution in [0.3, 0.4) is 0 Å². The topological polar surface area (TPSA) is 232 Å². The predicted octanol–water partition coefficient (Wildman–Crippen LogP) is 4.92. The number of benzene rings is 6. The molecule has 9 aromatic rings. The van der Waals surface area contributed by atoms with Crippen molar-refractivity contribution in [1.29, 1.82) is 0 Å². The quantitative estimate of drug-likeness (QED) is 0.0753. The van der Waals surface area contributed by atoms with Gasteiger partial charge < -0.3 is 46.9 Å². The summed E-state index contributed by atoms with van der Waals surface area (Å²) in [5.41, 5.74) is 24.7. The third kappa shape index (κ3) is 10.5. The summed E-state index contributed by atoms with van der Waals surface area (Å²) in [5, 5.41) is 14.8. The summed E-state index contributed by atoms with van der Waals surface area (Å²) >= 11 is 0. The Morgan fingerprint density at radius 1 is 0.389 bits per heavy atom. The van der Waals surface area contributed by atoms with Crippen LogP contribution in [-0.4, -0.2) is 73.7 Å². The zero-order valence-electron chi connectivity index (χ0n) is 38.9. The van der Waals surface area contributed by atoms with Crippen molar-refractivity contribution in [2.75, 3.05) is 35.6 Å². The van der Waals surface area contributed by atoms with Gasteiger partial charge >= 0.3 is 21.4 Å². The lowest BCUT2D eigenvalue weighted by atomic mass is 9.61. The minimum absolute atomic E-state index is 0.0746. The van der Waals surface area contributed by atoms with E-state index >= 15 is 0 Å². The fourth-order valence-electron chi connectivity index (χ4n) is 8.92. The molecule has 1 saturated heterocycles. The van der Waals surface area contributed by atoms with Crippen molar-refractivity contribution in [3.63, 3.8) is 0 Å². The zero-order chi connectivity index (χ0) is 49.6. The van der Waals surface area contributed by atoms with Crippen molar-refractivity contribution in [1.82, 2.24) is 15.0 Å². The molecule has 0 spiro atoms. The van der Waals surface area contributed by atoms with Crippen LogP contribution in [0.5, 0.6) is 0 Å². The number of nitrogens with two attached hydrogens (primary N) is 3. The van der Waals surface area contributed by atoms with Crippen molar-refractivity contribution in [2.24, 2.45) is 17.2 Å². The highest BCUT2D eigenvalue weighted by Gasteiger charge is 2.44. The predicted molar refractivity (Wildman–Crippen MR) is 285 cm³/mol. The lowest BCUT2D eigenvalue weighted by Gasteiger charge is -2.32. The van der Waals surface area contributed by atoms with Gasteiger partial charge in [0.25, 0.3) is 0 Å². The third-order valence-corrected chi connectivity index (χ3v) is 13.0. The number of hydrogen-bond acceptors (Lipinski definition) is 12. The number of carbonyl (C=O) groups excluding carboxylic acids is 3. The molecule has 3 unspecified atom stereocenters. The first-order chi connectivity index (χ1) is 35.2. The second-order valence-electron chi connectivity index (χ2n) is 17.5. The number of pyridine rings is 3. The third-order valence-electron chi connectivity index (χ3n) is 13.0. The van der Waals surface area contributed by atoms with Gasteiger partial charge in [-0.1, -0.05) is 91.0 Å². The summed E-state index contributed by atoms with van der Waals surface area (Å²) in [4.78, 5) is 53.4. The molecule has 3 amide bonds. The molecule has 0 radical (unpaired) electrons. The van der Waals surface area contributed by atoms with Gasteiger partial charge in [-0.15, -0.1) is 0 Å². The molecular formula is C54H48B3N9O6. The van der Waals surface area contributed by atoms with Crippen molar-refractivity contribution in [3.8, 4) is 0 Å². The van der Waals surface area contributed by atoms with Crippen LogP contribution in [0.2, 0.25) is 0 Å². The molecular weight excluding hydrogens is 903 g/mol. The maximum Gasteiger partial charge on any atom is 0.467 e. The number of nitrogens with one attached hydrogen (secondary N) is 3. The van der Waals surface area contributed by atoms with Gasteiger partial charge in [0.2, 0.25) is 17.7 Å². The first-order valence-corrected chi connectivity index (χ1v) is 23.5. The maximum absolute atomic E-state index is 13.6. The number of aromatic nitrogens is 3. The van der Waals surface area contributed by atoms with E-state index in [1.807, 2.05) is 146 Å². The van der Waals surface area contributed by atoms with Crippen LogP contribution in [0.25, 0.3) is 32.3 Å². The highest BCUT2D eigenvalue weighted by Crippen LogP contribution is 2.25. The van der Waals surface area contributed by atoms with Gasteiger partial charge in [-0.2, -0.15) is 0 Å². The van der Waals surface area contributed by atoms with Crippen LogP contribution in [0.1, 0.15) is 34.4 Å². The SMILES string of the molecule is NCC(C(=O)Nc1ccc2cnccc2c1)c1ccc(B2OB(c3ccc(C(CN)C(=O)Nc4ccc5cnccc5c4)cc3)OB(c3ccc(C(CN)C(=O)Nc4ccc5cnccc5c4)cc3)O2)cc1. The Morgan fingerprint density at radius 3 is 0.931 bits per heavy atom. The molecule has 4 heterocycles. The molecule has 1 aliphatic heterocycles. The van der Waals surface area contributed by atoms with Crippen LogP contribution in [-0.2, 0) is 28.1 Å². The van der Waals surface area contributed by atoms with Crippen LogP contribution >= 0.6 is 0 Å². The van der Waals surface area contributed by atoms with Gasteiger partial charge in [-0.25, -0.2) is 0 Å². The Morgan fingerprint density at radius 2 is 0.667 bits per heavy atom. The summed E-state index contributed by atoms with van der Waals surface area (Å²) in [6.45, 7) is 0.224. The summed E-state index contributed by atoms with van der Waals surface area (Å²) in [5.74, 6) is -2.66. The van der Waals surface area contributed by atoms with E-state index in [1.165, 1.54) is 0 Å². The van der Waals surface area contributed by atoms with E-state index in [0.29, 0.717) is 50.1 Å². The van der Waals surface area contributed by atoms with E-state index in [0.717, 1.165) is 32.3 Å². The van der Waals surface area contributed by atoms with E-state index in [4.69, 9.17) is 30.9 Å². The molecule has 0 saturated carbocycles. The Labute approximate surface area is 416 Å². The van der Waals surface area contributed by atoms with Crippen molar-refractivity contribution < 1.29 is 28.1 Å². The molecule has 1 aliphatic rings. The van der Waals surface area contributed by atoms with Crippen molar-refractivity contribution in [2.45, 2.75) is 17.8 Å². The highest BCUT2D eigenvalue weighted by molar-refractivity contribution is 6.87. The van der Waals surface area contributed by atoms with Crippen molar-refractivity contribution in [3.05, 3.63) is 199 Å². The first kappa shape index (κ1) is 47.6. The second kappa shape index (κ2) is 21.5. The number of fused-ring (bicyclic) bond motifs is 3.